The molecule has 0 spiro atoms. The maximum absolute atomic E-state index is 13.0. The van der Waals surface area contributed by atoms with Crippen molar-refractivity contribution in [1.82, 2.24) is 4.98 Å². The third-order valence-electron chi connectivity index (χ3n) is 6.40. The average Bonchev–Trinajstić information content (AvgIpc) is 2.81. The fourth-order valence-corrected chi connectivity index (χ4v) is 4.59. The molecule has 1 fully saturated rings. The van der Waals surface area contributed by atoms with E-state index in [1.807, 2.05) is 42.6 Å². The van der Waals surface area contributed by atoms with E-state index in [1.54, 1.807) is 18.3 Å². The number of ether oxygens (including phenoxy) is 1. The Balaban J connectivity index is 1.37. The van der Waals surface area contributed by atoms with Gasteiger partial charge >= 0.3 is 5.97 Å². The van der Waals surface area contributed by atoms with E-state index < -0.39 is 5.92 Å². The van der Waals surface area contributed by atoms with Gasteiger partial charge in [-0.2, -0.15) is 0 Å². The Morgan fingerprint density at radius 3 is 2.53 bits per heavy atom. The molecule has 5 heteroatoms. The first-order chi connectivity index (χ1) is 15.6. The minimum Gasteiger partial charge on any atom is -0.427 e. The second-order valence-corrected chi connectivity index (χ2v) is 8.74. The van der Waals surface area contributed by atoms with Gasteiger partial charge in [0.05, 0.1) is 5.92 Å². The largest absolute Gasteiger partial charge is 0.427 e. The molecule has 0 bridgehead atoms. The molecule has 1 saturated carbocycles. The fraction of sp³-hybridized carbons (Fsp3) is 0.370. The second-order valence-electron chi connectivity index (χ2n) is 8.74. The van der Waals surface area contributed by atoms with Gasteiger partial charge in [-0.25, -0.2) is 0 Å². The van der Waals surface area contributed by atoms with Gasteiger partial charge in [0.1, 0.15) is 11.5 Å². The molecule has 4 rings (SSSR count). The molecular weight excluding hydrogens is 400 g/mol. The van der Waals surface area contributed by atoms with Gasteiger partial charge in [0.25, 0.3) is 0 Å². The van der Waals surface area contributed by atoms with Crippen molar-refractivity contribution in [2.45, 2.75) is 50.9 Å². The van der Waals surface area contributed by atoms with Gasteiger partial charge in [0.15, 0.2) is 0 Å². The van der Waals surface area contributed by atoms with Gasteiger partial charge in [-0.15, -0.1) is 0 Å². The van der Waals surface area contributed by atoms with Gasteiger partial charge < -0.3 is 10.5 Å². The lowest BCUT2D eigenvalue weighted by Gasteiger charge is -2.20. The van der Waals surface area contributed by atoms with E-state index in [9.17, 15) is 9.59 Å². The minimum absolute atomic E-state index is 0.0722. The summed E-state index contributed by atoms with van der Waals surface area (Å²) in [5.41, 5.74) is 7.76. The minimum atomic E-state index is -0.393. The highest BCUT2D eigenvalue weighted by Gasteiger charge is 2.21. The molecule has 2 aromatic carbocycles. The molecule has 5 nitrogen and oxygen atoms in total. The SMILES string of the molecule is NCC(C(=O)Cc1ccc2cnccc2c1)c1ccc(OC(=O)CC2CCCCC2)cc1. The summed E-state index contributed by atoms with van der Waals surface area (Å²) < 4.78 is 5.52. The molecule has 1 aliphatic rings. The number of ketones is 1. The standard InChI is InChI=1S/C27H30N2O3/c28-17-25(26(30)15-20-6-7-23-18-29-13-12-22(23)14-20)21-8-10-24(11-9-21)32-27(31)16-19-4-2-1-3-5-19/h6-14,18-19,25H,1-5,15-17,28H2. The summed E-state index contributed by atoms with van der Waals surface area (Å²) in [5, 5.41) is 2.11. The molecule has 3 aromatic rings. The van der Waals surface area contributed by atoms with Crippen LogP contribution in [0.3, 0.4) is 0 Å². The quantitative estimate of drug-likeness (QED) is 0.403. The first-order valence-electron chi connectivity index (χ1n) is 11.5. The van der Waals surface area contributed by atoms with Crippen molar-refractivity contribution < 1.29 is 14.3 Å². The summed E-state index contributed by atoms with van der Waals surface area (Å²) in [7, 11) is 0. The summed E-state index contributed by atoms with van der Waals surface area (Å²) in [5.74, 6) is 0.461. The van der Waals surface area contributed by atoms with Gasteiger partial charge in [-0.3, -0.25) is 14.6 Å². The van der Waals surface area contributed by atoms with Crippen LogP contribution < -0.4 is 10.5 Å². The van der Waals surface area contributed by atoms with Crippen molar-refractivity contribution in [2.24, 2.45) is 11.7 Å². The Bertz CT molecular complexity index is 1070. The molecule has 0 saturated heterocycles. The highest BCUT2D eigenvalue weighted by molar-refractivity contribution is 5.89. The second kappa shape index (κ2) is 10.5. The van der Waals surface area contributed by atoms with Crippen molar-refractivity contribution in [3.8, 4) is 5.75 Å². The van der Waals surface area contributed by atoms with Crippen LogP contribution in [0.25, 0.3) is 10.8 Å². The third-order valence-corrected chi connectivity index (χ3v) is 6.40. The summed E-state index contributed by atoms with van der Waals surface area (Å²) in [6.45, 7) is 0.233. The van der Waals surface area contributed by atoms with Crippen molar-refractivity contribution >= 4 is 22.5 Å². The summed E-state index contributed by atoms with van der Waals surface area (Å²) in [6, 6.07) is 15.1. The predicted molar refractivity (Wildman–Crippen MR) is 126 cm³/mol. The molecule has 0 amide bonds. The van der Waals surface area contributed by atoms with E-state index in [-0.39, 0.29) is 18.3 Å². The first-order valence-corrected chi connectivity index (χ1v) is 11.5. The Morgan fingerprint density at radius 2 is 1.78 bits per heavy atom. The number of esters is 1. The highest BCUT2D eigenvalue weighted by Crippen LogP contribution is 2.27. The molecule has 1 atom stereocenters. The van der Waals surface area contributed by atoms with E-state index in [2.05, 4.69) is 4.98 Å². The summed E-state index contributed by atoms with van der Waals surface area (Å²) in [6.07, 6.45) is 10.3. The van der Waals surface area contributed by atoms with Crippen LogP contribution in [0.2, 0.25) is 0 Å². The molecule has 32 heavy (non-hydrogen) atoms. The summed E-state index contributed by atoms with van der Waals surface area (Å²) in [4.78, 5) is 29.4. The van der Waals surface area contributed by atoms with Crippen LogP contribution in [-0.2, 0) is 16.0 Å². The number of nitrogens with zero attached hydrogens (tertiary/aromatic N) is 1. The molecule has 1 aromatic heterocycles. The maximum Gasteiger partial charge on any atom is 0.311 e. The molecule has 1 unspecified atom stereocenters. The Hall–Kier alpha value is -3.05. The number of aromatic nitrogens is 1. The van der Waals surface area contributed by atoms with Gasteiger partial charge in [0, 0.05) is 37.2 Å². The third kappa shape index (κ3) is 5.60. The molecule has 1 aliphatic carbocycles. The van der Waals surface area contributed by atoms with Crippen LogP contribution in [0.15, 0.2) is 60.9 Å². The van der Waals surface area contributed by atoms with Crippen molar-refractivity contribution in [3.63, 3.8) is 0 Å². The van der Waals surface area contributed by atoms with Crippen LogP contribution in [0.5, 0.6) is 5.75 Å². The van der Waals surface area contributed by atoms with E-state index in [0.717, 1.165) is 34.7 Å². The van der Waals surface area contributed by atoms with E-state index in [0.29, 0.717) is 24.5 Å². The lowest BCUT2D eigenvalue weighted by atomic mass is 9.87. The number of Topliss-reactive ketones (excluding diaryl/α,β-unsaturated/α-hetero) is 1. The molecular formula is C27H30N2O3. The topological polar surface area (TPSA) is 82.3 Å². The number of hydrogen-bond donors (Lipinski definition) is 1. The van der Waals surface area contributed by atoms with Crippen molar-refractivity contribution in [2.75, 3.05) is 6.54 Å². The molecule has 1 heterocycles. The zero-order valence-corrected chi connectivity index (χ0v) is 18.3. The average molecular weight is 431 g/mol. The monoisotopic (exact) mass is 430 g/mol. The zero-order chi connectivity index (χ0) is 22.3. The lowest BCUT2D eigenvalue weighted by Crippen LogP contribution is -2.23. The van der Waals surface area contributed by atoms with Crippen LogP contribution in [-0.4, -0.2) is 23.3 Å². The number of nitrogens with two attached hydrogens (primary N) is 1. The Morgan fingerprint density at radius 1 is 1.00 bits per heavy atom. The molecule has 0 radical (unpaired) electrons. The predicted octanol–water partition coefficient (Wildman–Crippen LogP) is 4.96. The van der Waals surface area contributed by atoms with Crippen LogP contribution in [0, 0.1) is 5.92 Å². The van der Waals surface area contributed by atoms with E-state index >= 15 is 0 Å². The van der Waals surface area contributed by atoms with Crippen LogP contribution >= 0.6 is 0 Å². The highest BCUT2D eigenvalue weighted by atomic mass is 16.5. The van der Waals surface area contributed by atoms with E-state index in [1.165, 1.54) is 19.3 Å². The first kappa shape index (κ1) is 22.2. The molecule has 0 aliphatic heterocycles. The Kier molecular flexibility index (Phi) is 7.28. The molecule has 166 valence electrons. The number of pyridine rings is 1. The normalized spacial score (nSPS) is 15.4. The number of carbonyl (C=O) groups excluding carboxylic acids is 2. The van der Waals surface area contributed by atoms with Crippen molar-refractivity contribution in [3.05, 3.63) is 72.1 Å². The van der Waals surface area contributed by atoms with Gasteiger partial charge in [-0.1, -0.05) is 49.6 Å². The smallest absolute Gasteiger partial charge is 0.311 e. The van der Waals surface area contributed by atoms with Crippen LogP contribution in [0.4, 0.5) is 0 Å². The number of benzene rings is 2. The number of hydrogen-bond acceptors (Lipinski definition) is 5. The Labute approximate surface area is 189 Å². The van der Waals surface area contributed by atoms with Gasteiger partial charge in [0.2, 0.25) is 0 Å². The zero-order valence-electron chi connectivity index (χ0n) is 18.3. The van der Waals surface area contributed by atoms with Crippen LogP contribution in [0.1, 0.15) is 55.6 Å². The maximum atomic E-state index is 13.0. The molecule has 2 N–H and O–H groups in total. The number of fused-ring (bicyclic) bond motifs is 1. The van der Waals surface area contributed by atoms with E-state index in [4.69, 9.17) is 10.5 Å². The fourth-order valence-electron chi connectivity index (χ4n) is 4.59. The number of carbonyl (C=O) groups is 2. The summed E-state index contributed by atoms with van der Waals surface area (Å²) >= 11 is 0. The number of rotatable bonds is 8. The lowest BCUT2D eigenvalue weighted by molar-refractivity contribution is -0.135. The van der Waals surface area contributed by atoms with Gasteiger partial charge in [-0.05, 0) is 53.5 Å². The van der Waals surface area contributed by atoms with Crippen molar-refractivity contribution in [1.29, 1.82) is 0 Å².